The number of nitrogens with one attached hydrogen (secondary N) is 2. The van der Waals surface area contributed by atoms with Gasteiger partial charge in [-0.1, -0.05) is 43.3 Å². The van der Waals surface area contributed by atoms with Gasteiger partial charge in [0.2, 0.25) is 0 Å². The zero-order chi connectivity index (χ0) is 45.8. The van der Waals surface area contributed by atoms with Crippen molar-refractivity contribution in [3.05, 3.63) is 117 Å². The van der Waals surface area contributed by atoms with E-state index in [4.69, 9.17) is 23.1 Å². The van der Waals surface area contributed by atoms with Crippen LogP contribution in [0.25, 0.3) is 43.9 Å². The molecule has 2 saturated carbocycles. The van der Waals surface area contributed by atoms with Crippen LogP contribution >= 0.6 is 43.5 Å². The number of rotatable bonds is 4. The summed E-state index contributed by atoms with van der Waals surface area (Å²) in [5.41, 5.74) is 17.3. The fraction of sp³-hybridized carbons (Fsp3) is 0.375. The molecule has 4 aliphatic rings. The van der Waals surface area contributed by atoms with E-state index in [0.717, 1.165) is 70.4 Å². The second-order valence-corrected chi connectivity index (χ2v) is 20.6. The highest BCUT2D eigenvalue weighted by Crippen LogP contribution is 2.54. The summed E-state index contributed by atoms with van der Waals surface area (Å²) in [5, 5.41) is 55.7. The second kappa shape index (κ2) is 17.3. The van der Waals surface area contributed by atoms with Crippen molar-refractivity contribution in [1.29, 1.82) is 0 Å². The first kappa shape index (κ1) is 45.9. The highest BCUT2D eigenvalue weighted by atomic mass is 79.9. The number of nitrogens with zero attached hydrogens (tertiary/aromatic N) is 8. The molecule has 0 amide bonds. The Labute approximate surface area is 407 Å². The van der Waals surface area contributed by atoms with E-state index >= 15 is 0 Å². The lowest BCUT2D eigenvalue weighted by Crippen LogP contribution is -2.38. The fourth-order valence-corrected chi connectivity index (χ4v) is 12.2. The first-order valence-electron chi connectivity index (χ1n) is 21.9. The molecule has 4 fully saturated rings. The standard InChI is InChI=1S/C24H25BrN6O2.C23H22BrClN6O2.CH4/c1-12-15-4-5-31(23(15)29-11-28-12)19-9-24(21(33)20(19)32)8-18(27-10-24)14-3-2-13-6-16(25)22(26)30-17(13)7-14;24-14-5-11-1-2-12(6-15(11)30-21(14)26)16-7-23(9-27-16)8-17(18(32)19(23)33)31-4-3-13-20(25)28-10-29-22(13)31;/h2-7,11,18-21,27,32-33H,8-10H2,1H3,(H2,26,30);1-6,10,16-19,27,32-33H,7-9H2,(H2,26,30);1H4/t18-,19+,20-,21-,24-;16-,17-,18+,19+,23+;/m01./s1. The Bertz CT molecular complexity index is 3000. The Morgan fingerprint density at radius 2 is 1.10 bits per heavy atom. The molecule has 348 valence electrons. The molecule has 67 heavy (non-hydrogen) atoms. The SMILES string of the molecule is C.Cc1ncnc2c1ccn2[C@@H]1C[C@@]2(CN[C@H](c3ccc4cc(Br)c(N)nc4c3)C2)[C@@H](O)[C@H]1O.Nc1nc2cc([C@H]3C[C@@]4(CN3)C[C@@H](n3ccc5c(Cl)ncnc53)[C@H](O)[C@@H]4O)ccc2cc1Br. The first-order valence-corrected chi connectivity index (χ1v) is 23.8. The summed E-state index contributed by atoms with van der Waals surface area (Å²) >= 11 is 13.1. The van der Waals surface area contributed by atoms with Gasteiger partial charge < -0.3 is 51.7 Å². The van der Waals surface area contributed by atoms with Gasteiger partial charge in [0.15, 0.2) is 0 Å². The van der Waals surface area contributed by atoms with Crippen LogP contribution in [0.1, 0.15) is 74.1 Å². The minimum absolute atomic E-state index is 0. The zero-order valence-corrected chi connectivity index (χ0v) is 39.5. The third-order valence-electron chi connectivity index (χ3n) is 14.9. The number of nitrogen functional groups attached to an aromatic ring is 2. The number of fused-ring (bicyclic) bond motifs is 4. The number of aliphatic hydroxyl groups excluding tert-OH is 4. The van der Waals surface area contributed by atoms with Crippen LogP contribution in [0.5, 0.6) is 0 Å². The van der Waals surface area contributed by atoms with Crippen LogP contribution in [0.3, 0.4) is 0 Å². The summed E-state index contributed by atoms with van der Waals surface area (Å²) in [5.74, 6) is 0.918. The summed E-state index contributed by atoms with van der Waals surface area (Å²) in [6, 6.07) is 19.7. The van der Waals surface area contributed by atoms with Crippen LogP contribution in [0.2, 0.25) is 5.15 Å². The first-order chi connectivity index (χ1) is 31.7. The van der Waals surface area contributed by atoms with E-state index in [2.05, 4.69) is 90.6 Å². The zero-order valence-electron chi connectivity index (χ0n) is 35.6. The topological polar surface area (TPSA) is 244 Å². The molecule has 2 aliphatic carbocycles. The predicted octanol–water partition coefficient (Wildman–Crippen LogP) is 7.02. The smallest absolute Gasteiger partial charge is 0.145 e. The molecule has 10 N–H and O–H groups in total. The average Bonchev–Trinajstić information content (AvgIpc) is 4.18. The van der Waals surface area contributed by atoms with Crippen molar-refractivity contribution in [2.45, 2.75) is 88.6 Å². The Morgan fingerprint density at radius 3 is 1.61 bits per heavy atom. The lowest BCUT2D eigenvalue weighted by molar-refractivity contribution is -0.0218. The normalized spacial score (nSPS) is 29.1. The molecule has 8 aromatic rings. The van der Waals surface area contributed by atoms with Crippen molar-refractivity contribution in [2.24, 2.45) is 10.8 Å². The highest BCUT2D eigenvalue weighted by molar-refractivity contribution is 9.11. The Morgan fingerprint density at radius 1 is 0.642 bits per heavy atom. The molecule has 16 nitrogen and oxygen atoms in total. The molecule has 10 atom stereocenters. The Hall–Kier alpha value is -4.89. The van der Waals surface area contributed by atoms with Crippen LogP contribution in [0, 0.1) is 17.8 Å². The van der Waals surface area contributed by atoms with E-state index < -0.39 is 35.2 Å². The molecule has 6 aromatic heterocycles. The lowest BCUT2D eigenvalue weighted by atomic mass is 9.80. The monoisotopic (exact) mass is 1050 g/mol. The van der Waals surface area contributed by atoms with Gasteiger partial charge in [-0.3, -0.25) is 0 Å². The van der Waals surface area contributed by atoms with E-state index in [1.165, 1.54) is 6.33 Å². The van der Waals surface area contributed by atoms with Crippen molar-refractivity contribution >= 4 is 99.0 Å². The van der Waals surface area contributed by atoms with Crippen LogP contribution in [-0.2, 0) is 0 Å². The van der Waals surface area contributed by atoms with E-state index in [-0.39, 0.29) is 31.6 Å². The molecule has 12 rings (SSSR count). The quantitative estimate of drug-likeness (QED) is 0.0827. The minimum Gasteiger partial charge on any atom is -0.390 e. The Kier molecular flexibility index (Phi) is 11.8. The van der Waals surface area contributed by atoms with Crippen LogP contribution in [0.4, 0.5) is 11.6 Å². The molecule has 2 saturated heterocycles. The number of hydrogen-bond acceptors (Lipinski definition) is 14. The van der Waals surface area contributed by atoms with E-state index in [9.17, 15) is 20.4 Å². The lowest BCUT2D eigenvalue weighted by Gasteiger charge is -2.27. The van der Waals surface area contributed by atoms with Gasteiger partial charge in [0.1, 0.15) is 52.9 Å². The third kappa shape index (κ3) is 7.65. The number of hydrogen-bond donors (Lipinski definition) is 8. The highest BCUT2D eigenvalue weighted by Gasteiger charge is 2.58. The van der Waals surface area contributed by atoms with Gasteiger partial charge in [0.05, 0.1) is 55.4 Å². The number of benzene rings is 2. The van der Waals surface area contributed by atoms with Gasteiger partial charge in [0, 0.05) is 64.6 Å². The maximum absolute atomic E-state index is 11.2. The number of aliphatic hydroxyl groups is 4. The number of nitrogens with two attached hydrogens (primary N) is 2. The maximum atomic E-state index is 11.2. The number of aromatic nitrogens is 8. The number of pyridine rings is 2. The van der Waals surface area contributed by atoms with Gasteiger partial charge >= 0.3 is 0 Å². The van der Waals surface area contributed by atoms with Crippen molar-refractivity contribution in [3.8, 4) is 0 Å². The van der Waals surface area contributed by atoms with Crippen LogP contribution in [0.15, 0.2) is 94.7 Å². The molecule has 8 heterocycles. The van der Waals surface area contributed by atoms with Crippen molar-refractivity contribution in [2.75, 3.05) is 24.6 Å². The van der Waals surface area contributed by atoms with Gasteiger partial charge in [-0.15, -0.1) is 0 Å². The van der Waals surface area contributed by atoms with Crippen LogP contribution in [-0.4, -0.2) is 97.0 Å². The number of halogens is 3. The Balaban J connectivity index is 0.000000154. The second-order valence-electron chi connectivity index (χ2n) is 18.6. The summed E-state index contributed by atoms with van der Waals surface area (Å²) < 4.78 is 5.48. The molecule has 2 spiro atoms. The molecular formula is C48H51Br2ClN12O4. The van der Waals surface area contributed by atoms with Gasteiger partial charge in [-0.05, 0) is 112 Å². The number of anilines is 2. The molecule has 2 aromatic carbocycles. The van der Waals surface area contributed by atoms with Crippen LogP contribution < -0.4 is 22.1 Å². The largest absolute Gasteiger partial charge is 0.390 e. The average molecular weight is 1060 g/mol. The van der Waals surface area contributed by atoms with Crippen molar-refractivity contribution in [1.82, 2.24) is 49.7 Å². The third-order valence-corrected chi connectivity index (χ3v) is 16.4. The maximum Gasteiger partial charge on any atom is 0.145 e. The molecular weight excluding hydrogens is 1000 g/mol. The summed E-state index contributed by atoms with van der Waals surface area (Å²) in [7, 11) is 0. The minimum atomic E-state index is -0.912. The van der Waals surface area contributed by atoms with Crippen molar-refractivity contribution in [3.63, 3.8) is 0 Å². The van der Waals surface area contributed by atoms with E-state index in [1.54, 1.807) is 6.33 Å². The molecule has 0 unspecified atom stereocenters. The van der Waals surface area contributed by atoms with Gasteiger partial charge in [0.25, 0.3) is 0 Å². The van der Waals surface area contributed by atoms with Crippen molar-refractivity contribution < 1.29 is 20.4 Å². The van der Waals surface area contributed by atoms with E-state index in [0.29, 0.717) is 54.8 Å². The fourth-order valence-electron chi connectivity index (χ4n) is 11.3. The molecule has 19 heteroatoms. The summed E-state index contributed by atoms with van der Waals surface area (Å²) in [4.78, 5) is 26.1. The molecule has 0 radical (unpaired) electrons. The number of aryl methyl sites for hydroxylation is 1. The van der Waals surface area contributed by atoms with Gasteiger partial charge in [-0.2, -0.15) is 0 Å². The van der Waals surface area contributed by atoms with Gasteiger partial charge in [-0.25, -0.2) is 29.9 Å². The molecule has 2 aliphatic heterocycles. The van der Waals surface area contributed by atoms with E-state index in [1.807, 2.05) is 70.9 Å². The predicted molar refractivity (Wildman–Crippen MR) is 266 cm³/mol. The summed E-state index contributed by atoms with van der Waals surface area (Å²) in [6.45, 7) is 3.19. The summed E-state index contributed by atoms with van der Waals surface area (Å²) in [6.07, 6.45) is 6.02. The molecule has 0 bridgehead atoms.